The van der Waals surface area contributed by atoms with Crippen LogP contribution in [0.5, 0.6) is 0 Å². The topological polar surface area (TPSA) is 17.1 Å². The molecule has 0 heterocycles. The zero-order valence-corrected chi connectivity index (χ0v) is 16.7. The molecular formula is C26H17BrO. The monoisotopic (exact) mass is 424 g/mol. The van der Waals surface area contributed by atoms with Crippen LogP contribution in [0.15, 0.2) is 113 Å². The molecule has 0 spiro atoms. The fourth-order valence-electron chi connectivity index (χ4n) is 4.48. The number of hydrogen-bond donors (Lipinski definition) is 0. The van der Waals surface area contributed by atoms with E-state index in [0.717, 1.165) is 32.3 Å². The summed E-state index contributed by atoms with van der Waals surface area (Å²) in [5.41, 5.74) is 5.81. The first-order valence-electron chi connectivity index (χ1n) is 9.27. The maximum Gasteiger partial charge on any atom is 0.187 e. The third-order valence-electron chi connectivity index (χ3n) is 5.59. The Kier molecular flexibility index (Phi) is 4.03. The molecule has 28 heavy (non-hydrogen) atoms. The Morgan fingerprint density at radius 2 is 1.21 bits per heavy atom. The van der Waals surface area contributed by atoms with Gasteiger partial charge in [-0.05, 0) is 40.0 Å². The first-order valence-corrected chi connectivity index (χ1v) is 10.1. The average Bonchev–Trinajstić information content (AvgIpc) is 2.74. The van der Waals surface area contributed by atoms with Crippen LogP contribution in [-0.2, 0) is 10.2 Å². The molecule has 2 heteroatoms. The summed E-state index contributed by atoms with van der Waals surface area (Å²) in [6.45, 7) is 0. The Bertz CT molecular complexity index is 1130. The third kappa shape index (κ3) is 2.42. The average molecular weight is 425 g/mol. The van der Waals surface area contributed by atoms with Crippen LogP contribution in [0.4, 0.5) is 0 Å². The SMILES string of the molecule is O=C1C=C(Br)C=C2C1=Cc1ccccc1C2(c1ccccc1)c1ccccc1. The van der Waals surface area contributed by atoms with Gasteiger partial charge in [0, 0.05) is 16.1 Å². The van der Waals surface area contributed by atoms with Crippen molar-refractivity contribution in [3.05, 3.63) is 135 Å². The molecule has 0 amide bonds. The van der Waals surface area contributed by atoms with Crippen LogP contribution in [-0.4, -0.2) is 5.78 Å². The lowest BCUT2D eigenvalue weighted by atomic mass is 9.58. The second-order valence-electron chi connectivity index (χ2n) is 7.08. The van der Waals surface area contributed by atoms with E-state index in [2.05, 4.69) is 88.7 Å². The number of fused-ring (bicyclic) bond motifs is 2. The normalized spacial score (nSPS) is 17.0. The van der Waals surface area contributed by atoms with Crippen molar-refractivity contribution in [3.63, 3.8) is 0 Å². The van der Waals surface area contributed by atoms with E-state index in [4.69, 9.17) is 0 Å². The lowest BCUT2D eigenvalue weighted by Gasteiger charge is -2.43. The van der Waals surface area contributed by atoms with Crippen LogP contribution >= 0.6 is 15.9 Å². The lowest BCUT2D eigenvalue weighted by molar-refractivity contribution is -0.111. The first-order chi connectivity index (χ1) is 13.7. The molecule has 0 unspecified atom stereocenters. The van der Waals surface area contributed by atoms with Gasteiger partial charge in [-0.15, -0.1) is 0 Å². The molecule has 2 aliphatic carbocycles. The molecule has 0 fully saturated rings. The number of halogens is 1. The maximum absolute atomic E-state index is 13.0. The lowest BCUT2D eigenvalue weighted by Crippen LogP contribution is -2.37. The van der Waals surface area contributed by atoms with Crippen LogP contribution in [0.1, 0.15) is 22.3 Å². The Hall–Kier alpha value is -2.97. The van der Waals surface area contributed by atoms with Crippen LogP contribution in [0, 0.1) is 0 Å². The molecule has 5 rings (SSSR count). The van der Waals surface area contributed by atoms with Gasteiger partial charge < -0.3 is 0 Å². The quantitative estimate of drug-likeness (QED) is 0.478. The molecule has 3 aromatic carbocycles. The summed E-state index contributed by atoms with van der Waals surface area (Å²) in [7, 11) is 0. The standard InChI is InChI=1S/C26H17BrO/c27-21-16-24-22(25(28)17-21)15-18-9-7-8-14-23(18)26(24,19-10-3-1-4-11-19)20-12-5-2-6-13-20/h1-17H. The van der Waals surface area contributed by atoms with Gasteiger partial charge in [0.2, 0.25) is 0 Å². The van der Waals surface area contributed by atoms with Crippen LogP contribution in [0.25, 0.3) is 6.08 Å². The highest BCUT2D eigenvalue weighted by atomic mass is 79.9. The molecule has 1 nitrogen and oxygen atoms in total. The summed E-state index contributed by atoms with van der Waals surface area (Å²) in [5, 5.41) is 0. The molecule has 134 valence electrons. The van der Waals surface area contributed by atoms with Crippen molar-refractivity contribution < 1.29 is 4.79 Å². The molecule has 0 saturated carbocycles. The van der Waals surface area contributed by atoms with Crippen LogP contribution < -0.4 is 0 Å². The Labute approximate surface area is 172 Å². The number of hydrogen-bond acceptors (Lipinski definition) is 1. The van der Waals surface area contributed by atoms with E-state index in [9.17, 15) is 4.79 Å². The molecule has 2 aliphatic rings. The van der Waals surface area contributed by atoms with E-state index in [0.29, 0.717) is 0 Å². The predicted octanol–water partition coefficient (Wildman–Crippen LogP) is 6.21. The molecule has 0 saturated heterocycles. The summed E-state index contributed by atoms with van der Waals surface area (Å²) < 4.78 is 0.806. The highest BCUT2D eigenvalue weighted by Gasteiger charge is 2.46. The number of carbonyl (C=O) groups excluding carboxylic acids is 1. The number of ketones is 1. The van der Waals surface area contributed by atoms with E-state index < -0.39 is 5.41 Å². The van der Waals surface area contributed by atoms with Crippen molar-refractivity contribution in [2.75, 3.05) is 0 Å². The predicted molar refractivity (Wildman–Crippen MR) is 117 cm³/mol. The molecular weight excluding hydrogens is 408 g/mol. The van der Waals surface area contributed by atoms with E-state index in [-0.39, 0.29) is 5.78 Å². The molecule has 0 bridgehead atoms. The number of carbonyl (C=O) groups is 1. The first kappa shape index (κ1) is 17.2. The van der Waals surface area contributed by atoms with Crippen molar-refractivity contribution in [1.82, 2.24) is 0 Å². The van der Waals surface area contributed by atoms with E-state index in [1.807, 2.05) is 24.3 Å². The number of rotatable bonds is 2. The minimum Gasteiger partial charge on any atom is -0.289 e. The smallest absolute Gasteiger partial charge is 0.187 e. The van der Waals surface area contributed by atoms with Gasteiger partial charge >= 0.3 is 0 Å². The van der Waals surface area contributed by atoms with Crippen molar-refractivity contribution in [2.45, 2.75) is 5.41 Å². The Balaban J connectivity index is 1.98. The Morgan fingerprint density at radius 1 is 0.643 bits per heavy atom. The molecule has 0 atom stereocenters. The number of benzene rings is 3. The summed E-state index contributed by atoms with van der Waals surface area (Å²) in [6.07, 6.45) is 5.79. The maximum atomic E-state index is 13.0. The van der Waals surface area contributed by atoms with Gasteiger partial charge in [0.15, 0.2) is 5.78 Å². The van der Waals surface area contributed by atoms with Crippen LogP contribution in [0.2, 0.25) is 0 Å². The largest absolute Gasteiger partial charge is 0.289 e. The van der Waals surface area contributed by atoms with Crippen molar-refractivity contribution >= 4 is 27.8 Å². The van der Waals surface area contributed by atoms with Gasteiger partial charge in [-0.2, -0.15) is 0 Å². The zero-order chi connectivity index (χ0) is 19.1. The third-order valence-corrected chi connectivity index (χ3v) is 6.05. The van der Waals surface area contributed by atoms with Gasteiger partial charge in [0.05, 0.1) is 5.41 Å². The zero-order valence-electron chi connectivity index (χ0n) is 15.1. The summed E-state index contributed by atoms with van der Waals surface area (Å²) >= 11 is 3.56. The highest BCUT2D eigenvalue weighted by molar-refractivity contribution is 9.11. The van der Waals surface area contributed by atoms with Crippen molar-refractivity contribution in [2.24, 2.45) is 0 Å². The summed E-state index contributed by atoms with van der Waals surface area (Å²) in [6, 6.07) is 29.3. The molecule has 0 aliphatic heterocycles. The second-order valence-corrected chi connectivity index (χ2v) is 7.99. The van der Waals surface area contributed by atoms with Gasteiger partial charge in [0.1, 0.15) is 0 Å². The molecule has 0 radical (unpaired) electrons. The number of allylic oxidation sites excluding steroid dienone is 5. The van der Waals surface area contributed by atoms with Crippen molar-refractivity contribution in [3.8, 4) is 0 Å². The summed E-state index contributed by atoms with van der Waals surface area (Å²) in [5.74, 6) is 0.0371. The van der Waals surface area contributed by atoms with Gasteiger partial charge in [-0.25, -0.2) is 0 Å². The second kappa shape index (κ2) is 6.57. The fourth-order valence-corrected chi connectivity index (χ4v) is 4.92. The van der Waals surface area contributed by atoms with Gasteiger partial charge in [-0.1, -0.05) is 101 Å². The molecule has 0 N–H and O–H groups in total. The molecule has 3 aromatic rings. The van der Waals surface area contributed by atoms with Gasteiger partial charge in [0.25, 0.3) is 0 Å². The minimum atomic E-state index is -0.549. The summed E-state index contributed by atoms with van der Waals surface area (Å²) in [4.78, 5) is 13.0. The van der Waals surface area contributed by atoms with Crippen LogP contribution in [0.3, 0.4) is 0 Å². The van der Waals surface area contributed by atoms with E-state index >= 15 is 0 Å². The molecule has 0 aromatic heterocycles. The highest BCUT2D eigenvalue weighted by Crippen LogP contribution is 2.53. The minimum absolute atomic E-state index is 0.0371. The fraction of sp³-hybridized carbons (Fsp3) is 0.0385. The Morgan fingerprint density at radius 3 is 1.86 bits per heavy atom. The van der Waals surface area contributed by atoms with Gasteiger partial charge in [-0.3, -0.25) is 4.79 Å². The van der Waals surface area contributed by atoms with Crippen molar-refractivity contribution in [1.29, 1.82) is 0 Å². The van der Waals surface area contributed by atoms with E-state index in [1.54, 1.807) is 6.08 Å². The van der Waals surface area contributed by atoms with E-state index in [1.165, 1.54) is 5.56 Å².